The van der Waals surface area contributed by atoms with Crippen LogP contribution in [-0.2, 0) is 68.7 Å². The molecule has 11 amide bonds. The van der Waals surface area contributed by atoms with Gasteiger partial charge in [-0.3, -0.25) is 52.7 Å². The number of carbonyl (C=O) groups excluding carboxylic acids is 12. The highest BCUT2D eigenvalue weighted by Crippen LogP contribution is 2.19. The first kappa shape index (κ1) is 70.2. The van der Waals surface area contributed by atoms with E-state index < -0.39 is 175 Å². The highest BCUT2D eigenvalue weighted by Gasteiger charge is 2.40. The lowest BCUT2D eigenvalue weighted by atomic mass is 9.95. The van der Waals surface area contributed by atoms with Gasteiger partial charge in [-0.25, -0.2) is 4.79 Å². The molecular weight excluding hydrogens is 1080 g/mol. The van der Waals surface area contributed by atoms with E-state index >= 15 is 0 Å². The van der Waals surface area contributed by atoms with E-state index in [0.29, 0.717) is 18.4 Å². The summed E-state index contributed by atoms with van der Waals surface area (Å²) >= 11 is 6.52. The third-order valence-corrected chi connectivity index (χ3v) is 13.9. The zero-order valence-corrected chi connectivity index (χ0v) is 48.9. The Morgan fingerprint density at radius 2 is 1.40 bits per heavy atom. The highest BCUT2D eigenvalue weighted by atomic mass is 35.5. The Morgan fingerprint density at radius 3 is 1.95 bits per heavy atom. The Hall–Kier alpha value is -6.93. The SMILES string of the molecule is CCC[C@@H]1NC(=O)CNC(=O)[C@H](Cc2ccccc2)NC(=O)[C@H]([C@H](C)O)NC(=O)[C@H](CCC(N)=O)NC(=O)C(C(C)C(C)Cl)NC(=O)[C@H](CC(C)C)N(C)C(=O)[C@H](C)NC(=O)CC(O)C(NC(=O)[C@@H](CC(C)C)NC=O)C(C)OC1=O. The van der Waals surface area contributed by atoms with E-state index in [-0.39, 0.29) is 37.5 Å². The second-order valence-electron chi connectivity index (χ2n) is 21.5. The molecule has 26 nitrogen and oxygen atoms in total. The number of cyclic esters (lactones) is 1. The summed E-state index contributed by atoms with van der Waals surface area (Å²) in [5, 5.41) is 44.3. The van der Waals surface area contributed by atoms with Gasteiger partial charge in [-0.15, -0.1) is 11.6 Å². The maximum Gasteiger partial charge on any atom is 0.328 e. The molecule has 1 aromatic carbocycles. The highest BCUT2D eigenvalue weighted by molar-refractivity contribution is 6.20. The fourth-order valence-corrected chi connectivity index (χ4v) is 8.93. The number of nitrogens with one attached hydrogen (secondary N) is 9. The second-order valence-corrected chi connectivity index (χ2v) is 22.2. The van der Waals surface area contributed by atoms with E-state index in [9.17, 15) is 67.7 Å². The fourth-order valence-electron chi connectivity index (χ4n) is 8.78. The molecule has 0 radical (unpaired) electrons. The van der Waals surface area contributed by atoms with Gasteiger partial charge in [0.25, 0.3) is 0 Å². The number of alkyl halides is 1. The number of esters is 1. The minimum Gasteiger partial charge on any atom is -0.459 e. The molecular formula is C54H86ClN11O15. The molecule has 1 fully saturated rings. The van der Waals surface area contributed by atoms with Crippen LogP contribution in [0, 0.1) is 17.8 Å². The van der Waals surface area contributed by atoms with Crippen molar-refractivity contribution in [1.29, 1.82) is 0 Å². The third kappa shape index (κ3) is 23.6. The third-order valence-electron chi connectivity index (χ3n) is 13.5. The minimum atomic E-state index is -1.84. The van der Waals surface area contributed by atoms with Crippen molar-refractivity contribution in [3.8, 4) is 0 Å². The maximum absolute atomic E-state index is 14.4. The number of primary amides is 1. The molecule has 27 heteroatoms. The topological polar surface area (TPSA) is 392 Å². The van der Waals surface area contributed by atoms with Crippen LogP contribution >= 0.6 is 11.6 Å². The molecule has 1 aliphatic rings. The summed E-state index contributed by atoms with van der Waals surface area (Å²) in [6.07, 6.45) is -6.05. The summed E-state index contributed by atoms with van der Waals surface area (Å²) in [4.78, 5) is 165. The first-order chi connectivity index (χ1) is 37.9. The molecule has 13 N–H and O–H groups in total. The van der Waals surface area contributed by atoms with Gasteiger partial charge in [-0.05, 0) is 70.8 Å². The average Bonchev–Trinajstić information content (AvgIpc) is 3.39. The number of rotatable bonds is 18. The van der Waals surface area contributed by atoms with Crippen LogP contribution in [0.4, 0.5) is 0 Å². The molecule has 2 rings (SSSR count). The molecule has 0 aliphatic carbocycles. The van der Waals surface area contributed by atoms with Gasteiger partial charge in [0.2, 0.25) is 65.5 Å². The van der Waals surface area contributed by atoms with E-state index in [4.69, 9.17) is 22.1 Å². The minimum absolute atomic E-state index is 0.00840. The monoisotopic (exact) mass is 1160 g/mol. The van der Waals surface area contributed by atoms with Gasteiger partial charge < -0.3 is 73.4 Å². The molecule has 454 valence electrons. The summed E-state index contributed by atoms with van der Waals surface area (Å²) in [5.74, 6) is -11.5. The first-order valence-corrected chi connectivity index (χ1v) is 27.7. The number of aliphatic hydroxyl groups is 2. The molecule has 0 aromatic heterocycles. The van der Waals surface area contributed by atoms with Gasteiger partial charge in [-0.1, -0.05) is 78.3 Å². The Labute approximate surface area is 478 Å². The summed E-state index contributed by atoms with van der Waals surface area (Å²) in [5.41, 5.74) is 5.98. The summed E-state index contributed by atoms with van der Waals surface area (Å²) in [7, 11) is 1.30. The number of nitrogens with zero attached hydrogens (tertiary/aromatic N) is 1. The van der Waals surface area contributed by atoms with Crippen LogP contribution in [0.15, 0.2) is 30.3 Å². The Bertz CT molecular complexity index is 2330. The molecule has 1 aromatic rings. The van der Waals surface area contributed by atoms with Crippen molar-refractivity contribution in [1.82, 2.24) is 52.8 Å². The Balaban J connectivity index is 2.83. The van der Waals surface area contributed by atoms with Crippen molar-refractivity contribution >= 4 is 83.1 Å². The molecule has 1 saturated heterocycles. The van der Waals surface area contributed by atoms with Gasteiger partial charge >= 0.3 is 5.97 Å². The van der Waals surface area contributed by atoms with E-state index in [1.807, 2.05) is 0 Å². The maximum atomic E-state index is 14.4. The molecule has 0 saturated carbocycles. The Morgan fingerprint density at radius 1 is 0.790 bits per heavy atom. The molecule has 0 spiro atoms. The van der Waals surface area contributed by atoms with Gasteiger partial charge in [-0.2, -0.15) is 0 Å². The van der Waals surface area contributed by atoms with Crippen LogP contribution in [0.25, 0.3) is 0 Å². The standard InChI is InChI=1S/C54H86ClN11O15/c1-12-16-36-54(80)81-33(10)46(65-49(75)37(58-26-67)21-27(2)3)40(69)24-42(71)59-31(8)53(79)66(11)39(22-28(4)5)50(76)63-44(29(6)30(7)55)51(77)61-35(19-20-41(56)70)48(74)64-45(32(9)68)52(78)62-38(23-34-17-14-13-15-18-34)47(73)57-25-43(72)60-36/h13-15,17-18,26-33,35-40,44-46,68-69H,12,16,19-25H2,1-11H3,(H2,56,70)(H,57,73)(H,58,67)(H,59,71)(H,60,72)(H,61,77)(H,62,78)(H,63,76)(H,64,74)(H,65,75)/t29?,30?,31-,32-,33?,35-,36-,37+,38-,39-,40?,44?,45-,46?/m0/s1. The van der Waals surface area contributed by atoms with Gasteiger partial charge in [0.1, 0.15) is 54.4 Å². The number of nitrogens with two attached hydrogens (primary N) is 1. The molecule has 1 heterocycles. The van der Waals surface area contributed by atoms with Crippen LogP contribution in [0.1, 0.15) is 120 Å². The van der Waals surface area contributed by atoms with Crippen LogP contribution in [0.5, 0.6) is 0 Å². The lowest BCUT2D eigenvalue weighted by Gasteiger charge is -2.34. The van der Waals surface area contributed by atoms with Crippen molar-refractivity contribution in [2.45, 2.75) is 199 Å². The lowest BCUT2D eigenvalue weighted by molar-refractivity contribution is -0.156. The van der Waals surface area contributed by atoms with Gasteiger partial charge in [0.15, 0.2) is 0 Å². The predicted octanol–water partition coefficient (Wildman–Crippen LogP) is -1.80. The van der Waals surface area contributed by atoms with E-state index in [1.54, 1.807) is 71.9 Å². The van der Waals surface area contributed by atoms with Crippen molar-refractivity contribution in [2.24, 2.45) is 23.5 Å². The van der Waals surface area contributed by atoms with Crippen molar-refractivity contribution < 1.29 is 72.5 Å². The van der Waals surface area contributed by atoms with Crippen LogP contribution in [0.2, 0.25) is 0 Å². The van der Waals surface area contributed by atoms with Crippen LogP contribution in [-0.4, -0.2) is 178 Å². The first-order valence-electron chi connectivity index (χ1n) is 27.3. The molecule has 6 unspecified atom stereocenters. The number of carbonyl (C=O) groups is 12. The lowest BCUT2D eigenvalue weighted by Crippen LogP contribution is -2.62. The smallest absolute Gasteiger partial charge is 0.328 e. The van der Waals surface area contributed by atoms with E-state index in [1.165, 1.54) is 27.8 Å². The Kier molecular flexibility index (Phi) is 29.8. The fraction of sp³-hybridized carbons (Fsp3) is 0.667. The largest absolute Gasteiger partial charge is 0.459 e. The zero-order valence-electron chi connectivity index (χ0n) is 48.2. The number of halogens is 1. The van der Waals surface area contributed by atoms with Crippen molar-refractivity contribution in [2.75, 3.05) is 13.6 Å². The number of hydrogen-bond donors (Lipinski definition) is 12. The number of likely N-dealkylation sites (N-methyl/N-ethyl adjacent to an activating group) is 1. The van der Waals surface area contributed by atoms with Crippen molar-refractivity contribution in [3.63, 3.8) is 0 Å². The van der Waals surface area contributed by atoms with E-state index in [2.05, 4.69) is 47.9 Å². The number of benzene rings is 1. The second kappa shape index (κ2) is 34.4. The molecule has 14 atom stereocenters. The predicted molar refractivity (Wildman–Crippen MR) is 296 cm³/mol. The summed E-state index contributed by atoms with van der Waals surface area (Å²) in [6.45, 7) is 14.9. The molecule has 0 bridgehead atoms. The number of amides is 11. The molecule has 81 heavy (non-hydrogen) atoms. The summed E-state index contributed by atoms with van der Waals surface area (Å²) < 4.78 is 5.74. The average molecular weight is 1160 g/mol. The zero-order chi connectivity index (χ0) is 61.4. The number of ether oxygens (including phenoxy) is 1. The van der Waals surface area contributed by atoms with E-state index in [0.717, 1.165) is 11.8 Å². The number of aliphatic hydroxyl groups excluding tert-OH is 2. The van der Waals surface area contributed by atoms with Crippen molar-refractivity contribution in [3.05, 3.63) is 35.9 Å². The molecule has 1 aliphatic heterocycles. The normalized spacial score (nSPS) is 26.6. The van der Waals surface area contributed by atoms with Gasteiger partial charge in [0, 0.05) is 31.2 Å². The number of hydrogen-bond acceptors (Lipinski definition) is 15. The van der Waals surface area contributed by atoms with Crippen LogP contribution < -0.4 is 53.6 Å². The quantitative estimate of drug-likeness (QED) is 0.0438. The van der Waals surface area contributed by atoms with Crippen LogP contribution in [0.3, 0.4) is 0 Å². The van der Waals surface area contributed by atoms with Gasteiger partial charge in [0.05, 0.1) is 31.2 Å². The summed E-state index contributed by atoms with van der Waals surface area (Å²) in [6, 6.07) is -4.87.